The second-order valence-corrected chi connectivity index (χ2v) is 7.17. The first-order chi connectivity index (χ1) is 9.62. The van der Waals surface area contributed by atoms with Crippen LogP contribution in [-0.4, -0.2) is 21.9 Å². The lowest BCUT2D eigenvalue weighted by Crippen LogP contribution is -2.00. The van der Waals surface area contributed by atoms with Gasteiger partial charge in [-0.15, -0.1) is 0 Å². The molecule has 0 saturated carbocycles. The van der Waals surface area contributed by atoms with Crippen LogP contribution in [0.15, 0.2) is 74.9 Å². The van der Waals surface area contributed by atoms with E-state index < -0.39 is 9.73 Å². The van der Waals surface area contributed by atoms with Gasteiger partial charge in [-0.2, -0.15) is 4.36 Å². The van der Waals surface area contributed by atoms with Crippen molar-refractivity contribution in [1.82, 2.24) is 0 Å². The van der Waals surface area contributed by atoms with Crippen molar-refractivity contribution >= 4 is 32.3 Å². The molecule has 0 spiro atoms. The monoisotopic (exact) mass is 304 g/mol. The first-order valence-electron chi connectivity index (χ1n) is 6.07. The molecule has 2 rings (SSSR count). The van der Waals surface area contributed by atoms with Crippen LogP contribution in [0.2, 0.25) is 0 Å². The number of hydrogen-bond donors (Lipinski definition) is 0. The summed E-state index contributed by atoms with van der Waals surface area (Å²) < 4.78 is 17.0. The maximum Gasteiger partial charge on any atom is 0.196 e. The third kappa shape index (κ3) is 3.95. The molecule has 2 aromatic carbocycles. The van der Waals surface area contributed by atoms with Crippen molar-refractivity contribution in [3.63, 3.8) is 0 Å². The van der Waals surface area contributed by atoms with Crippen LogP contribution in [0.5, 0.6) is 0 Å². The molecule has 5 heteroatoms. The zero-order valence-corrected chi connectivity index (χ0v) is 13.0. The molecule has 1 unspecified atom stereocenters. The van der Waals surface area contributed by atoms with E-state index in [1.54, 1.807) is 6.26 Å². The summed E-state index contributed by atoms with van der Waals surface area (Å²) in [6, 6.07) is 18.8. The first kappa shape index (κ1) is 14.8. The van der Waals surface area contributed by atoms with E-state index in [4.69, 9.17) is 0 Å². The Morgan fingerprint density at radius 3 is 2.10 bits per heavy atom. The molecule has 0 aliphatic heterocycles. The second-order valence-electron chi connectivity index (χ2n) is 4.14. The van der Waals surface area contributed by atoms with Crippen LogP contribution in [0.1, 0.15) is 0 Å². The predicted octanol–water partition coefficient (Wildman–Crippen LogP) is 4.19. The number of benzene rings is 2. The Bertz CT molecular complexity index is 703. The molecule has 3 nitrogen and oxygen atoms in total. The minimum Gasteiger partial charge on any atom is -0.245 e. The molecule has 0 N–H and O–H groups in total. The molecule has 104 valence electrons. The fraction of sp³-hybridized carbons (Fsp3) is 0.133. The molecule has 0 heterocycles. The average molecular weight is 304 g/mol. The van der Waals surface area contributed by atoms with Gasteiger partial charge in [-0.3, -0.25) is 0 Å². The maximum atomic E-state index is 12.7. The van der Waals surface area contributed by atoms with Crippen LogP contribution in [0.25, 0.3) is 0 Å². The summed E-state index contributed by atoms with van der Waals surface area (Å²) in [4.78, 5) is 5.14. The summed E-state index contributed by atoms with van der Waals surface area (Å²) in [5.74, 6) is 0. The van der Waals surface area contributed by atoms with Crippen molar-refractivity contribution in [2.45, 2.75) is 4.90 Å². The molecular weight excluding hydrogens is 288 g/mol. The van der Waals surface area contributed by atoms with Gasteiger partial charge in [0.2, 0.25) is 0 Å². The Balaban J connectivity index is 2.41. The highest BCUT2D eigenvalue weighted by Gasteiger charge is 2.07. The van der Waals surface area contributed by atoms with Crippen LogP contribution in [0, 0.1) is 0 Å². The van der Waals surface area contributed by atoms with Gasteiger partial charge in [0.25, 0.3) is 0 Å². The summed E-state index contributed by atoms with van der Waals surface area (Å²) in [5.41, 5.74) is 0.809. The van der Waals surface area contributed by atoms with E-state index in [0.29, 0.717) is 5.17 Å². The number of nitrogens with zero attached hydrogens (tertiary/aromatic N) is 2. The van der Waals surface area contributed by atoms with Crippen LogP contribution in [-0.2, 0) is 9.73 Å². The lowest BCUT2D eigenvalue weighted by Gasteiger charge is -2.04. The third-order valence-corrected chi connectivity index (χ3v) is 4.93. The zero-order chi connectivity index (χ0) is 14.4. The number of amidine groups is 1. The average Bonchev–Trinajstić information content (AvgIpc) is 2.48. The molecule has 0 amide bonds. The smallest absolute Gasteiger partial charge is 0.196 e. The van der Waals surface area contributed by atoms with E-state index in [9.17, 15) is 4.21 Å². The van der Waals surface area contributed by atoms with Gasteiger partial charge in [-0.05, 0) is 30.5 Å². The molecule has 2 aromatic rings. The number of aliphatic imine (C=N–C) groups is 1. The molecule has 0 saturated heterocycles. The lowest BCUT2D eigenvalue weighted by molar-refractivity contribution is 0.681. The summed E-state index contributed by atoms with van der Waals surface area (Å²) >= 11 is 1.39. The summed E-state index contributed by atoms with van der Waals surface area (Å²) in [6.07, 6.45) is 3.52. The molecule has 1 atom stereocenters. The second kappa shape index (κ2) is 6.72. The maximum absolute atomic E-state index is 12.7. The molecule has 0 fully saturated rings. The summed E-state index contributed by atoms with van der Waals surface area (Å²) in [6.45, 7) is 0. The van der Waals surface area contributed by atoms with Crippen molar-refractivity contribution in [3.05, 3.63) is 60.7 Å². The Morgan fingerprint density at radius 1 is 1.00 bits per heavy atom. The topological polar surface area (TPSA) is 41.8 Å². The fourth-order valence-electron chi connectivity index (χ4n) is 1.59. The quantitative estimate of drug-likeness (QED) is 0.616. The van der Waals surface area contributed by atoms with Crippen LogP contribution in [0.3, 0.4) is 0 Å². The SMILES string of the molecule is CSC(=Nc1ccccc1)N=S(C)(=O)c1ccccc1. The zero-order valence-electron chi connectivity index (χ0n) is 11.4. The Kier molecular flexibility index (Phi) is 4.98. The number of thioether (sulfide) groups is 1. The number of rotatable bonds is 2. The summed E-state index contributed by atoms with van der Waals surface area (Å²) in [5, 5.41) is 0.521. The number of para-hydroxylation sites is 1. The van der Waals surface area contributed by atoms with E-state index in [-0.39, 0.29) is 0 Å². The molecule has 0 radical (unpaired) electrons. The van der Waals surface area contributed by atoms with Gasteiger partial charge in [-0.25, -0.2) is 9.20 Å². The van der Waals surface area contributed by atoms with Gasteiger partial charge in [-0.1, -0.05) is 48.2 Å². The predicted molar refractivity (Wildman–Crippen MR) is 88.3 cm³/mol. The van der Waals surface area contributed by atoms with E-state index >= 15 is 0 Å². The van der Waals surface area contributed by atoms with Crippen molar-refractivity contribution < 1.29 is 4.21 Å². The van der Waals surface area contributed by atoms with Crippen molar-refractivity contribution in [2.75, 3.05) is 12.5 Å². The Morgan fingerprint density at radius 2 is 1.55 bits per heavy atom. The fourth-order valence-corrected chi connectivity index (χ4v) is 3.62. The van der Waals surface area contributed by atoms with E-state index in [1.807, 2.05) is 66.9 Å². The first-order valence-corrected chi connectivity index (χ1v) is 9.21. The van der Waals surface area contributed by atoms with Crippen LogP contribution in [0.4, 0.5) is 5.69 Å². The largest absolute Gasteiger partial charge is 0.245 e. The van der Waals surface area contributed by atoms with Crippen molar-refractivity contribution in [3.8, 4) is 0 Å². The van der Waals surface area contributed by atoms with Gasteiger partial charge in [0.1, 0.15) is 0 Å². The van der Waals surface area contributed by atoms with Gasteiger partial charge >= 0.3 is 0 Å². The molecule has 0 bridgehead atoms. The Hall–Kier alpha value is -1.59. The van der Waals surface area contributed by atoms with Gasteiger partial charge in [0, 0.05) is 11.2 Å². The molecule has 0 aromatic heterocycles. The standard InChI is InChI=1S/C15H16N2OS2/c1-19-15(16-13-9-5-3-6-10-13)17-20(2,18)14-11-7-4-8-12-14/h3-12H,1-2H3. The number of hydrogen-bond acceptors (Lipinski definition) is 3. The van der Waals surface area contributed by atoms with Gasteiger partial charge in [0.15, 0.2) is 5.17 Å². The van der Waals surface area contributed by atoms with E-state index in [2.05, 4.69) is 9.36 Å². The highest BCUT2D eigenvalue weighted by molar-refractivity contribution is 8.14. The minimum absolute atomic E-state index is 0.521. The van der Waals surface area contributed by atoms with Crippen LogP contribution >= 0.6 is 11.8 Å². The lowest BCUT2D eigenvalue weighted by atomic mass is 10.3. The van der Waals surface area contributed by atoms with Gasteiger partial charge < -0.3 is 0 Å². The highest BCUT2D eigenvalue weighted by Crippen LogP contribution is 2.17. The van der Waals surface area contributed by atoms with E-state index in [0.717, 1.165) is 10.6 Å². The molecule has 0 aliphatic rings. The Labute approximate surface area is 124 Å². The van der Waals surface area contributed by atoms with Crippen LogP contribution < -0.4 is 0 Å². The third-order valence-electron chi connectivity index (χ3n) is 2.60. The molecular formula is C15H16N2OS2. The molecule has 0 aliphatic carbocycles. The molecule has 20 heavy (non-hydrogen) atoms. The van der Waals surface area contributed by atoms with Crippen molar-refractivity contribution in [2.24, 2.45) is 9.36 Å². The highest BCUT2D eigenvalue weighted by atomic mass is 32.2. The minimum atomic E-state index is -2.47. The van der Waals surface area contributed by atoms with Crippen molar-refractivity contribution in [1.29, 1.82) is 0 Å². The van der Waals surface area contributed by atoms with E-state index in [1.165, 1.54) is 11.8 Å². The summed E-state index contributed by atoms with van der Waals surface area (Å²) in [7, 11) is -2.47. The van der Waals surface area contributed by atoms with Gasteiger partial charge in [0.05, 0.1) is 15.4 Å². The normalized spacial score (nSPS) is 14.6.